The van der Waals surface area contributed by atoms with E-state index in [2.05, 4.69) is 22.5 Å². The van der Waals surface area contributed by atoms with Gasteiger partial charge in [-0.25, -0.2) is 4.79 Å². The molecule has 5 N–H and O–H groups in total. The first-order chi connectivity index (χ1) is 20.6. The van der Waals surface area contributed by atoms with Crippen molar-refractivity contribution in [2.75, 3.05) is 6.54 Å². The van der Waals surface area contributed by atoms with E-state index in [1.165, 1.54) is 6.42 Å². The molecule has 2 rings (SSSR count). The highest BCUT2D eigenvalue weighted by Crippen LogP contribution is 2.29. The molecule has 1 aromatic rings. The number of alkyl carbamates (subject to hydrolysis) is 1. The third-order valence-corrected chi connectivity index (χ3v) is 8.06. The summed E-state index contributed by atoms with van der Waals surface area (Å²) in [4.78, 5) is 38.6. The van der Waals surface area contributed by atoms with E-state index in [4.69, 9.17) is 4.74 Å². The van der Waals surface area contributed by atoms with Gasteiger partial charge < -0.3 is 30.9 Å². The number of carbonyl (C=O) groups is 3. The topological polar surface area (TPSA) is 137 Å². The molecule has 9 heteroatoms. The Hall–Kier alpha value is -2.91. The zero-order valence-corrected chi connectivity index (χ0v) is 27.7. The van der Waals surface area contributed by atoms with Crippen molar-refractivity contribution >= 4 is 17.9 Å². The van der Waals surface area contributed by atoms with Crippen LogP contribution in [0.5, 0.6) is 0 Å². The van der Waals surface area contributed by atoms with Crippen molar-refractivity contribution in [2.24, 2.45) is 17.8 Å². The van der Waals surface area contributed by atoms with E-state index in [9.17, 15) is 24.6 Å². The summed E-state index contributed by atoms with van der Waals surface area (Å²) in [6, 6.07) is 8.28. The molecule has 0 saturated heterocycles. The van der Waals surface area contributed by atoms with Crippen LogP contribution in [0.3, 0.4) is 0 Å². The van der Waals surface area contributed by atoms with Gasteiger partial charge in [0.05, 0.1) is 24.3 Å². The molecule has 0 unspecified atom stereocenters. The van der Waals surface area contributed by atoms with Crippen LogP contribution in [0.1, 0.15) is 98.5 Å². The van der Waals surface area contributed by atoms with Gasteiger partial charge in [0.25, 0.3) is 0 Å². The van der Waals surface area contributed by atoms with Gasteiger partial charge >= 0.3 is 6.09 Å². The molecule has 0 bridgehead atoms. The van der Waals surface area contributed by atoms with Gasteiger partial charge in [-0.15, -0.1) is 0 Å². The fraction of sp³-hybridized carbons (Fsp3) is 0.686. The van der Waals surface area contributed by atoms with Gasteiger partial charge in [-0.2, -0.15) is 0 Å². The van der Waals surface area contributed by atoms with Gasteiger partial charge in [0.1, 0.15) is 5.60 Å². The third-order valence-electron chi connectivity index (χ3n) is 8.06. The van der Waals surface area contributed by atoms with Crippen LogP contribution in [-0.4, -0.2) is 64.6 Å². The highest BCUT2D eigenvalue weighted by Gasteiger charge is 2.32. The monoisotopic (exact) mass is 615 g/mol. The van der Waals surface area contributed by atoms with E-state index >= 15 is 0 Å². The van der Waals surface area contributed by atoms with Gasteiger partial charge in [0, 0.05) is 24.5 Å². The van der Waals surface area contributed by atoms with Crippen molar-refractivity contribution in [2.45, 2.75) is 129 Å². The number of aliphatic hydroxyl groups excluding tert-OH is 2. The molecule has 5 atom stereocenters. The van der Waals surface area contributed by atoms with E-state index < -0.39 is 41.9 Å². The molecule has 1 fully saturated rings. The minimum Gasteiger partial charge on any atom is -0.444 e. The summed E-state index contributed by atoms with van der Waals surface area (Å²) in [7, 11) is 0. The van der Waals surface area contributed by atoms with E-state index in [1.807, 2.05) is 44.2 Å². The Kier molecular flexibility index (Phi) is 15.4. The SMILES string of the molecule is C=C(C[C@H](O)[C@H](CC1CCCCC1)NC(=O)[C@H](C)C[C@@H](O)[C@H](Cc1ccccc1)NC(=O)OC(C)(C)C)C(=O)NCC(C)C. The van der Waals surface area contributed by atoms with Crippen LogP contribution in [0, 0.1) is 17.8 Å². The van der Waals surface area contributed by atoms with Crippen LogP contribution >= 0.6 is 0 Å². The minimum absolute atomic E-state index is 0.0531. The maximum atomic E-state index is 13.5. The lowest BCUT2D eigenvalue weighted by atomic mass is 9.82. The van der Waals surface area contributed by atoms with Gasteiger partial charge in [0.15, 0.2) is 0 Å². The first kappa shape index (κ1) is 37.3. The highest BCUT2D eigenvalue weighted by molar-refractivity contribution is 5.92. The fourth-order valence-corrected chi connectivity index (χ4v) is 5.57. The molecule has 0 heterocycles. The lowest BCUT2D eigenvalue weighted by molar-refractivity contribution is -0.127. The van der Waals surface area contributed by atoms with Crippen molar-refractivity contribution in [3.05, 3.63) is 48.0 Å². The summed E-state index contributed by atoms with van der Waals surface area (Å²) < 4.78 is 5.43. The molecule has 0 aliphatic heterocycles. The fourth-order valence-electron chi connectivity index (χ4n) is 5.57. The smallest absolute Gasteiger partial charge is 0.407 e. The Balaban J connectivity index is 2.10. The highest BCUT2D eigenvalue weighted by atomic mass is 16.6. The molecular formula is C35H57N3O6. The second kappa shape index (κ2) is 18.2. The van der Waals surface area contributed by atoms with Crippen LogP contribution in [0.2, 0.25) is 0 Å². The van der Waals surface area contributed by atoms with Gasteiger partial charge in [-0.3, -0.25) is 9.59 Å². The third kappa shape index (κ3) is 14.2. The Morgan fingerprint density at radius 2 is 1.59 bits per heavy atom. The van der Waals surface area contributed by atoms with Crippen molar-refractivity contribution in [1.82, 2.24) is 16.0 Å². The molecule has 0 radical (unpaired) electrons. The number of carbonyl (C=O) groups excluding carboxylic acids is 3. The summed E-state index contributed by atoms with van der Waals surface area (Å²) in [5.41, 5.74) is 0.508. The Labute approximate surface area is 264 Å². The van der Waals surface area contributed by atoms with Crippen molar-refractivity contribution in [3.63, 3.8) is 0 Å². The summed E-state index contributed by atoms with van der Waals surface area (Å²) in [5.74, 6) is -0.532. The summed E-state index contributed by atoms with van der Waals surface area (Å²) in [6.07, 6.45) is 4.00. The number of amides is 3. The van der Waals surface area contributed by atoms with Crippen molar-refractivity contribution in [3.8, 4) is 0 Å². The Morgan fingerprint density at radius 1 is 0.955 bits per heavy atom. The molecule has 248 valence electrons. The van der Waals surface area contributed by atoms with Crippen LogP contribution in [0.4, 0.5) is 4.79 Å². The summed E-state index contributed by atoms with van der Waals surface area (Å²) in [5, 5.41) is 31.2. The average molecular weight is 616 g/mol. The van der Waals surface area contributed by atoms with Crippen LogP contribution in [0.15, 0.2) is 42.5 Å². The summed E-state index contributed by atoms with van der Waals surface area (Å²) in [6.45, 7) is 15.5. The van der Waals surface area contributed by atoms with E-state index in [1.54, 1.807) is 27.7 Å². The Morgan fingerprint density at radius 3 is 2.18 bits per heavy atom. The number of rotatable bonds is 16. The lowest BCUT2D eigenvalue weighted by Crippen LogP contribution is -2.50. The second-order valence-corrected chi connectivity index (χ2v) is 14.0. The van der Waals surface area contributed by atoms with Crippen LogP contribution in [0.25, 0.3) is 0 Å². The molecular weight excluding hydrogens is 558 g/mol. The number of aliphatic hydroxyl groups is 2. The van der Waals surface area contributed by atoms with Crippen molar-refractivity contribution in [1.29, 1.82) is 0 Å². The zero-order valence-electron chi connectivity index (χ0n) is 27.7. The second-order valence-electron chi connectivity index (χ2n) is 14.0. The number of nitrogens with one attached hydrogen (secondary N) is 3. The summed E-state index contributed by atoms with van der Waals surface area (Å²) >= 11 is 0. The molecule has 44 heavy (non-hydrogen) atoms. The first-order valence-corrected chi connectivity index (χ1v) is 16.3. The maximum absolute atomic E-state index is 13.5. The average Bonchev–Trinajstić information content (AvgIpc) is 2.95. The predicted octanol–water partition coefficient (Wildman–Crippen LogP) is 5.04. The number of hydrogen-bond acceptors (Lipinski definition) is 6. The largest absolute Gasteiger partial charge is 0.444 e. The quantitative estimate of drug-likeness (QED) is 0.165. The first-order valence-electron chi connectivity index (χ1n) is 16.3. The normalized spacial score (nSPS) is 17.6. The minimum atomic E-state index is -1.03. The van der Waals surface area contributed by atoms with E-state index in [0.29, 0.717) is 31.2 Å². The molecule has 0 spiro atoms. The number of hydrogen-bond donors (Lipinski definition) is 5. The van der Waals surface area contributed by atoms with E-state index in [0.717, 1.165) is 31.2 Å². The zero-order chi connectivity index (χ0) is 32.9. The van der Waals surface area contributed by atoms with Crippen LogP contribution in [-0.2, 0) is 20.7 Å². The molecule has 1 aromatic carbocycles. The molecule has 1 saturated carbocycles. The standard InChI is InChI=1S/C35H57N3O6/c1-23(2)22-36-32(41)24(3)18-30(39)28(20-26-14-10-8-11-15-26)37-33(42)25(4)19-31(40)29(21-27-16-12-9-13-17-27)38-34(43)44-35(5,6)7/h9,12-13,16-17,23,25-26,28-31,39-40H,3,8,10-11,14-15,18-22H2,1-2,4-7H3,(H,36,41)(H,37,42)(H,38,43)/t25-,28+,29+,30+,31-/m1/s1. The molecule has 1 aliphatic rings. The van der Waals surface area contributed by atoms with Gasteiger partial charge in [0.2, 0.25) is 11.8 Å². The van der Waals surface area contributed by atoms with Gasteiger partial charge in [-0.05, 0) is 57.4 Å². The predicted molar refractivity (Wildman–Crippen MR) is 174 cm³/mol. The van der Waals surface area contributed by atoms with Crippen LogP contribution < -0.4 is 16.0 Å². The van der Waals surface area contributed by atoms with E-state index in [-0.39, 0.29) is 30.2 Å². The molecule has 1 aliphatic carbocycles. The van der Waals surface area contributed by atoms with Crippen molar-refractivity contribution < 1.29 is 29.3 Å². The Bertz CT molecular complexity index is 1050. The molecule has 9 nitrogen and oxygen atoms in total. The maximum Gasteiger partial charge on any atom is 0.407 e. The van der Waals surface area contributed by atoms with Gasteiger partial charge in [-0.1, -0.05) is 89.8 Å². The molecule has 0 aromatic heterocycles. The number of ether oxygens (including phenoxy) is 1. The lowest BCUT2D eigenvalue weighted by Gasteiger charge is -2.32. The number of benzene rings is 1. The molecule has 3 amide bonds.